The van der Waals surface area contributed by atoms with Gasteiger partial charge >= 0.3 is 0 Å². The number of rotatable bonds is 5. The molecule has 0 bridgehead atoms. The van der Waals surface area contributed by atoms with Crippen LogP contribution in [0.2, 0.25) is 0 Å². The van der Waals surface area contributed by atoms with Gasteiger partial charge < -0.3 is 5.73 Å². The number of hydrogen-bond donors (Lipinski definition) is 1. The molecule has 4 heteroatoms. The molecule has 0 radical (unpaired) electrons. The molecule has 1 aromatic heterocycles. The van der Waals surface area contributed by atoms with E-state index < -0.39 is 5.91 Å². The van der Waals surface area contributed by atoms with E-state index in [2.05, 4.69) is 0 Å². The topological polar surface area (TPSA) is 60.2 Å². The van der Waals surface area contributed by atoms with Crippen molar-refractivity contribution < 1.29 is 9.59 Å². The SMILES string of the molecule is Cc1ccc(CCC(=O)c2ccc(C)s2)c(C(N)=O)c1. The van der Waals surface area contributed by atoms with Gasteiger partial charge in [0, 0.05) is 16.9 Å². The summed E-state index contributed by atoms with van der Waals surface area (Å²) in [5.41, 5.74) is 7.72. The summed E-state index contributed by atoms with van der Waals surface area (Å²) in [6.45, 7) is 3.89. The molecule has 3 nitrogen and oxygen atoms in total. The third kappa shape index (κ3) is 3.33. The maximum Gasteiger partial charge on any atom is 0.248 e. The molecule has 0 aliphatic rings. The molecule has 2 rings (SSSR count). The van der Waals surface area contributed by atoms with Gasteiger partial charge in [-0.25, -0.2) is 0 Å². The summed E-state index contributed by atoms with van der Waals surface area (Å²) in [4.78, 5) is 25.4. The lowest BCUT2D eigenvalue weighted by atomic mass is 9.99. The number of primary amides is 1. The van der Waals surface area contributed by atoms with Gasteiger partial charge in [0.25, 0.3) is 0 Å². The summed E-state index contributed by atoms with van der Waals surface area (Å²) in [5, 5.41) is 0. The second kappa shape index (κ2) is 6.01. The Morgan fingerprint density at radius 2 is 1.90 bits per heavy atom. The van der Waals surface area contributed by atoms with Crippen molar-refractivity contribution in [3.05, 3.63) is 56.8 Å². The number of carbonyl (C=O) groups is 2. The first-order valence-electron chi connectivity index (χ1n) is 6.46. The average molecular weight is 287 g/mol. The van der Waals surface area contributed by atoms with E-state index in [0.717, 1.165) is 20.9 Å². The number of thiophene rings is 1. The van der Waals surface area contributed by atoms with Crippen molar-refractivity contribution >= 4 is 23.0 Å². The molecule has 0 saturated carbocycles. The Morgan fingerprint density at radius 1 is 1.15 bits per heavy atom. The van der Waals surface area contributed by atoms with Crippen molar-refractivity contribution in [3.8, 4) is 0 Å². The van der Waals surface area contributed by atoms with Crippen molar-refractivity contribution in [2.75, 3.05) is 0 Å². The molecular weight excluding hydrogens is 270 g/mol. The first kappa shape index (κ1) is 14.5. The Morgan fingerprint density at radius 3 is 2.50 bits per heavy atom. The van der Waals surface area contributed by atoms with Gasteiger partial charge in [-0.3, -0.25) is 9.59 Å². The molecule has 2 N–H and O–H groups in total. The minimum Gasteiger partial charge on any atom is -0.366 e. The van der Waals surface area contributed by atoms with Crippen LogP contribution in [0.5, 0.6) is 0 Å². The molecule has 0 spiro atoms. The minimum absolute atomic E-state index is 0.110. The van der Waals surface area contributed by atoms with Crippen molar-refractivity contribution in [2.24, 2.45) is 5.73 Å². The number of carbonyl (C=O) groups excluding carboxylic acids is 2. The van der Waals surface area contributed by atoms with Gasteiger partial charge in [0.15, 0.2) is 5.78 Å². The fourth-order valence-electron chi connectivity index (χ4n) is 2.09. The van der Waals surface area contributed by atoms with E-state index in [1.54, 1.807) is 6.07 Å². The molecule has 1 amide bonds. The summed E-state index contributed by atoms with van der Waals surface area (Å²) >= 11 is 1.50. The standard InChI is InChI=1S/C16H17NO2S/c1-10-3-5-12(13(9-10)16(17)19)6-7-14(18)15-8-4-11(2)20-15/h3-5,8-9H,6-7H2,1-2H3,(H2,17,19). The van der Waals surface area contributed by atoms with Crippen LogP contribution in [0, 0.1) is 13.8 Å². The summed E-state index contributed by atoms with van der Waals surface area (Å²) in [6.07, 6.45) is 0.928. The first-order chi connectivity index (χ1) is 9.47. The Balaban J connectivity index is 2.11. The predicted molar refractivity (Wildman–Crippen MR) is 81.4 cm³/mol. The summed E-state index contributed by atoms with van der Waals surface area (Å²) in [7, 11) is 0. The minimum atomic E-state index is -0.442. The van der Waals surface area contributed by atoms with Gasteiger partial charge in [-0.2, -0.15) is 0 Å². The smallest absolute Gasteiger partial charge is 0.248 e. The monoisotopic (exact) mass is 287 g/mol. The van der Waals surface area contributed by atoms with Crippen LogP contribution < -0.4 is 5.73 Å². The van der Waals surface area contributed by atoms with Crippen LogP contribution >= 0.6 is 11.3 Å². The van der Waals surface area contributed by atoms with Crippen LogP contribution in [0.3, 0.4) is 0 Å². The van der Waals surface area contributed by atoms with E-state index in [-0.39, 0.29) is 5.78 Å². The van der Waals surface area contributed by atoms with Gasteiger partial charge in [-0.1, -0.05) is 17.7 Å². The second-order valence-electron chi connectivity index (χ2n) is 4.86. The molecule has 0 aliphatic heterocycles. The molecule has 0 saturated heterocycles. The zero-order valence-electron chi connectivity index (χ0n) is 11.6. The van der Waals surface area contributed by atoms with Crippen LogP contribution in [-0.4, -0.2) is 11.7 Å². The lowest BCUT2D eigenvalue weighted by Gasteiger charge is -2.07. The zero-order valence-corrected chi connectivity index (χ0v) is 12.4. The normalized spacial score (nSPS) is 10.5. The van der Waals surface area contributed by atoms with Gasteiger partial charge in [0.05, 0.1) is 4.88 Å². The first-order valence-corrected chi connectivity index (χ1v) is 7.28. The van der Waals surface area contributed by atoms with Gasteiger partial charge in [-0.15, -0.1) is 11.3 Å². The van der Waals surface area contributed by atoms with Gasteiger partial charge in [0.2, 0.25) is 5.91 Å². The summed E-state index contributed by atoms with van der Waals surface area (Å²) in [5.74, 6) is -0.331. The Labute approximate surface area is 122 Å². The van der Waals surface area contributed by atoms with Crippen LogP contribution in [0.4, 0.5) is 0 Å². The molecule has 1 heterocycles. The molecule has 0 aliphatic carbocycles. The average Bonchev–Trinajstić information content (AvgIpc) is 2.83. The third-order valence-corrected chi connectivity index (χ3v) is 4.21. The van der Waals surface area contributed by atoms with Crippen LogP contribution in [0.1, 0.15) is 42.5 Å². The quantitative estimate of drug-likeness (QED) is 0.858. The lowest BCUT2D eigenvalue weighted by molar-refractivity contribution is 0.0977. The Bertz CT molecular complexity index is 658. The highest BCUT2D eigenvalue weighted by Crippen LogP contribution is 2.19. The van der Waals surface area contributed by atoms with E-state index in [1.165, 1.54) is 11.3 Å². The summed E-state index contributed by atoms with van der Waals surface area (Å²) in [6, 6.07) is 9.38. The zero-order chi connectivity index (χ0) is 14.7. The van der Waals surface area contributed by atoms with Crippen LogP contribution in [0.15, 0.2) is 30.3 Å². The Hall–Kier alpha value is -1.94. The molecule has 20 heavy (non-hydrogen) atoms. The molecule has 104 valence electrons. The van der Waals surface area contributed by atoms with E-state index in [4.69, 9.17) is 5.73 Å². The predicted octanol–water partition coefficient (Wildman–Crippen LogP) is 3.28. The second-order valence-corrected chi connectivity index (χ2v) is 6.15. The molecule has 2 aromatic rings. The fourth-order valence-corrected chi connectivity index (χ4v) is 2.93. The number of Topliss-reactive ketones (excluding diaryl/α,β-unsaturated/α-hetero) is 1. The molecule has 0 unspecified atom stereocenters. The highest BCUT2D eigenvalue weighted by molar-refractivity contribution is 7.14. The number of benzene rings is 1. The summed E-state index contributed by atoms with van der Waals surface area (Å²) < 4.78 is 0. The fraction of sp³-hybridized carbons (Fsp3) is 0.250. The number of amides is 1. The van der Waals surface area contributed by atoms with E-state index in [0.29, 0.717) is 18.4 Å². The van der Waals surface area contributed by atoms with Crippen molar-refractivity contribution in [1.82, 2.24) is 0 Å². The maximum absolute atomic E-state index is 12.1. The molecule has 0 fully saturated rings. The van der Waals surface area contributed by atoms with Gasteiger partial charge in [-0.05, 0) is 44.0 Å². The number of aryl methyl sites for hydroxylation is 3. The van der Waals surface area contributed by atoms with E-state index >= 15 is 0 Å². The van der Waals surface area contributed by atoms with E-state index in [9.17, 15) is 9.59 Å². The maximum atomic E-state index is 12.1. The van der Waals surface area contributed by atoms with Crippen molar-refractivity contribution in [3.63, 3.8) is 0 Å². The van der Waals surface area contributed by atoms with Crippen molar-refractivity contribution in [1.29, 1.82) is 0 Å². The van der Waals surface area contributed by atoms with Gasteiger partial charge in [0.1, 0.15) is 0 Å². The number of nitrogens with two attached hydrogens (primary N) is 1. The van der Waals surface area contributed by atoms with Crippen LogP contribution in [-0.2, 0) is 6.42 Å². The number of ketones is 1. The molecular formula is C16H17NO2S. The van der Waals surface area contributed by atoms with Crippen molar-refractivity contribution in [2.45, 2.75) is 26.7 Å². The van der Waals surface area contributed by atoms with E-state index in [1.807, 2.05) is 38.1 Å². The molecule has 1 aromatic carbocycles. The van der Waals surface area contributed by atoms with Crippen LogP contribution in [0.25, 0.3) is 0 Å². The Kier molecular flexibility index (Phi) is 4.35. The third-order valence-electron chi connectivity index (χ3n) is 3.17. The highest BCUT2D eigenvalue weighted by Gasteiger charge is 2.12. The largest absolute Gasteiger partial charge is 0.366 e. The molecule has 0 atom stereocenters. The lowest BCUT2D eigenvalue weighted by Crippen LogP contribution is -2.14. The number of hydrogen-bond acceptors (Lipinski definition) is 3. The highest BCUT2D eigenvalue weighted by atomic mass is 32.1.